The lowest BCUT2D eigenvalue weighted by atomic mass is 9.70. The highest BCUT2D eigenvalue weighted by atomic mass is 16.6. The maximum atomic E-state index is 12.8. The van der Waals surface area contributed by atoms with E-state index in [0.717, 1.165) is 43.4 Å². The van der Waals surface area contributed by atoms with Crippen molar-refractivity contribution in [3.8, 4) is 17.2 Å². The lowest BCUT2D eigenvalue weighted by molar-refractivity contribution is -0.147. The highest BCUT2D eigenvalue weighted by Gasteiger charge is 2.68. The number of methoxy groups -OCH3 is 1. The van der Waals surface area contributed by atoms with Crippen LogP contribution in [0.2, 0.25) is 0 Å². The average Bonchev–Trinajstić information content (AvgIpc) is 3.85. The SMILES string of the molecule is COc1ccc(/C=C/C(=O)O[C@@H]2CCC3(CO3)C(C3(C)OC3CC=C(C)C)C2)cc1Oc1ccc(CO)cc1. The molecule has 1 spiro atoms. The molecule has 0 radical (unpaired) electrons. The third kappa shape index (κ3) is 6.21. The number of ether oxygens (including phenoxy) is 5. The van der Waals surface area contributed by atoms with Crippen LogP contribution < -0.4 is 9.47 Å². The molecule has 7 heteroatoms. The summed E-state index contributed by atoms with van der Waals surface area (Å²) in [5, 5.41) is 9.25. The first-order valence-corrected chi connectivity index (χ1v) is 13.6. The van der Waals surface area contributed by atoms with E-state index >= 15 is 0 Å². The van der Waals surface area contributed by atoms with Crippen molar-refractivity contribution in [3.63, 3.8) is 0 Å². The molecule has 2 saturated heterocycles. The van der Waals surface area contributed by atoms with Gasteiger partial charge in [-0.3, -0.25) is 0 Å². The zero-order valence-corrected chi connectivity index (χ0v) is 23.1. The molecule has 2 aliphatic heterocycles. The first-order chi connectivity index (χ1) is 18.7. The maximum Gasteiger partial charge on any atom is 0.331 e. The van der Waals surface area contributed by atoms with Crippen LogP contribution >= 0.6 is 0 Å². The summed E-state index contributed by atoms with van der Waals surface area (Å²) in [6.45, 7) is 7.12. The van der Waals surface area contributed by atoms with Crippen LogP contribution in [0.3, 0.4) is 0 Å². The second-order valence-corrected chi connectivity index (χ2v) is 11.2. The van der Waals surface area contributed by atoms with Gasteiger partial charge in [-0.25, -0.2) is 4.79 Å². The summed E-state index contributed by atoms with van der Waals surface area (Å²) < 4.78 is 29.5. The fourth-order valence-corrected chi connectivity index (χ4v) is 5.71. The lowest BCUT2D eigenvalue weighted by Gasteiger charge is -2.36. The van der Waals surface area contributed by atoms with Gasteiger partial charge in [0.05, 0.1) is 37.6 Å². The summed E-state index contributed by atoms with van der Waals surface area (Å²) in [4.78, 5) is 12.8. The smallest absolute Gasteiger partial charge is 0.331 e. The molecule has 5 rings (SSSR count). The Labute approximate surface area is 230 Å². The number of esters is 1. The summed E-state index contributed by atoms with van der Waals surface area (Å²) in [5.41, 5.74) is 2.52. The summed E-state index contributed by atoms with van der Waals surface area (Å²) in [6.07, 6.45) is 8.75. The maximum absolute atomic E-state index is 12.8. The number of aliphatic hydroxyl groups excluding tert-OH is 1. The zero-order valence-electron chi connectivity index (χ0n) is 23.1. The number of allylic oxidation sites excluding steroid dienone is 1. The molecule has 208 valence electrons. The van der Waals surface area contributed by atoms with Gasteiger partial charge in [0.15, 0.2) is 11.5 Å². The van der Waals surface area contributed by atoms with Crippen molar-refractivity contribution in [2.75, 3.05) is 13.7 Å². The fourth-order valence-electron chi connectivity index (χ4n) is 5.71. The van der Waals surface area contributed by atoms with E-state index in [4.69, 9.17) is 23.7 Å². The molecule has 5 atom stereocenters. The summed E-state index contributed by atoms with van der Waals surface area (Å²) in [7, 11) is 1.58. The zero-order chi connectivity index (χ0) is 27.6. The van der Waals surface area contributed by atoms with E-state index in [1.807, 2.05) is 12.1 Å². The van der Waals surface area contributed by atoms with E-state index in [1.54, 1.807) is 43.5 Å². The average molecular weight is 535 g/mol. The van der Waals surface area contributed by atoms with Crippen molar-refractivity contribution in [3.05, 3.63) is 71.3 Å². The molecule has 1 aliphatic carbocycles. The standard InChI is InChI=1S/C32H38O7/c1-21(2)5-13-29-31(3,39-29)28-18-25(15-16-32(28)20-36-32)38-30(34)14-9-22-8-12-26(35-4)27(17-22)37-24-10-6-23(19-33)7-11-24/h5-12,14,17,25,28-29,33H,13,15-16,18-20H2,1-4H3/b14-9+/t25-,28?,29?,31?,32?/m1/s1. The van der Waals surface area contributed by atoms with Crippen LogP contribution in [0.4, 0.5) is 0 Å². The van der Waals surface area contributed by atoms with Crippen LogP contribution in [0.15, 0.2) is 60.2 Å². The Morgan fingerprint density at radius 3 is 2.59 bits per heavy atom. The molecule has 0 amide bonds. The molecule has 7 nitrogen and oxygen atoms in total. The van der Waals surface area contributed by atoms with Crippen LogP contribution in [0.5, 0.6) is 17.2 Å². The number of hydrogen-bond acceptors (Lipinski definition) is 7. The third-order valence-electron chi connectivity index (χ3n) is 8.16. The third-order valence-corrected chi connectivity index (χ3v) is 8.16. The molecule has 1 N–H and O–H groups in total. The van der Waals surface area contributed by atoms with Crippen LogP contribution in [0.1, 0.15) is 57.6 Å². The largest absolute Gasteiger partial charge is 0.493 e. The minimum Gasteiger partial charge on any atom is -0.493 e. The molecule has 3 fully saturated rings. The van der Waals surface area contributed by atoms with Crippen molar-refractivity contribution in [2.45, 2.75) is 76.5 Å². The topological polar surface area (TPSA) is 90.1 Å². The van der Waals surface area contributed by atoms with Gasteiger partial charge in [0.2, 0.25) is 0 Å². The molecule has 2 aromatic carbocycles. The van der Waals surface area contributed by atoms with E-state index in [1.165, 1.54) is 11.6 Å². The van der Waals surface area contributed by atoms with E-state index in [-0.39, 0.29) is 41.9 Å². The molecule has 4 unspecified atom stereocenters. The van der Waals surface area contributed by atoms with Crippen LogP contribution in [0.25, 0.3) is 6.08 Å². The molecule has 3 aliphatic rings. The Morgan fingerprint density at radius 2 is 1.92 bits per heavy atom. The Hall–Kier alpha value is -3.13. The Balaban J connectivity index is 1.20. The van der Waals surface area contributed by atoms with Gasteiger partial charge in [0.1, 0.15) is 11.9 Å². The Morgan fingerprint density at radius 1 is 1.15 bits per heavy atom. The Kier molecular flexibility index (Phi) is 7.85. The van der Waals surface area contributed by atoms with Gasteiger partial charge < -0.3 is 28.8 Å². The number of hydrogen-bond donors (Lipinski definition) is 1. The molecular weight excluding hydrogens is 496 g/mol. The van der Waals surface area contributed by atoms with Gasteiger partial charge in [-0.15, -0.1) is 0 Å². The minimum atomic E-state index is -0.368. The van der Waals surface area contributed by atoms with Crippen molar-refractivity contribution in [2.24, 2.45) is 5.92 Å². The number of rotatable bonds is 10. The normalized spacial score (nSPS) is 29.2. The second kappa shape index (κ2) is 11.2. The summed E-state index contributed by atoms with van der Waals surface area (Å²) in [6, 6.07) is 12.6. The van der Waals surface area contributed by atoms with E-state index in [9.17, 15) is 9.90 Å². The fraction of sp³-hybridized carbons (Fsp3) is 0.469. The molecule has 2 heterocycles. The predicted octanol–water partition coefficient (Wildman–Crippen LogP) is 5.99. The van der Waals surface area contributed by atoms with E-state index < -0.39 is 0 Å². The van der Waals surface area contributed by atoms with Crippen LogP contribution in [-0.4, -0.2) is 48.2 Å². The van der Waals surface area contributed by atoms with Crippen molar-refractivity contribution < 1.29 is 33.6 Å². The van der Waals surface area contributed by atoms with Gasteiger partial charge in [0, 0.05) is 12.0 Å². The number of carbonyl (C=O) groups is 1. The van der Waals surface area contributed by atoms with E-state index in [2.05, 4.69) is 26.8 Å². The number of carbonyl (C=O) groups excluding carboxylic acids is 1. The van der Waals surface area contributed by atoms with E-state index in [0.29, 0.717) is 17.2 Å². The molecular formula is C32H38O7. The van der Waals surface area contributed by atoms with Crippen LogP contribution in [0, 0.1) is 5.92 Å². The van der Waals surface area contributed by atoms with Crippen LogP contribution in [-0.2, 0) is 25.6 Å². The number of epoxide rings is 2. The first-order valence-electron chi connectivity index (χ1n) is 13.6. The highest BCUT2D eigenvalue weighted by Crippen LogP contribution is 2.59. The number of benzene rings is 2. The summed E-state index contributed by atoms with van der Waals surface area (Å²) in [5.74, 6) is 1.56. The van der Waals surface area contributed by atoms with Crippen molar-refractivity contribution in [1.29, 1.82) is 0 Å². The predicted molar refractivity (Wildman–Crippen MR) is 148 cm³/mol. The molecule has 1 saturated carbocycles. The summed E-state index contributed by atoms with van der Waals surface area (Å²) >= 11 is 0. The van der Waals surface area contributed by atoms with Gasteiger partial charge in [-0.1, -0.05) is 29.8 Å². The second-order valence-electron chi connectivity index (χ2n) is 11.2. The van der Waals surface area contributed by atoms with Gasteiger partial charge >= 0.3 is 5.97 Å². The van der Waals surface area contributed by atoms with Gasteiger partial charge in [-0.05, 0) is 87.9 Å². The van der Waals surface area contributed by atoms with Crippen molar-refractivity contribution in [1.82, 2.24) is 0 Å². The molecule has 39 heavy (non-hydrogen) atoms. The quantitative estimate of drug-likeness (QED) is 0.173. The minimum absolute atomic E-state index is 0.0277. The highest BCUT2D eigenvalue weighted by molar-refractivity contribution is 5.87. The molecule has 0 aromatic heterocycles. The van der Waals surface area contributed by atoms with Crippen molar-refractivity contribution >= 4 is 12.0 Å². The first kappa shape index (κ1) is 27.4. The lowest BCUT2D eigenvalue weighted by Crippen LogP contribution is -2.44. The molecule has 2 aromatic rings. The number of aliphatic hydroxyl groups is 1. The molecule has 0 bridgehead atoms. The monoisotopic (exact) mass is 534 g/mol. The Bertz CT molecular complexity index is 1240. The van der Waals surface area contributed by atoms with Gasteiger partial charge in [-0.2, -0.15) is 0 Å². The van der Waals surface area contributed by atoms with Gasteiger partial charge in [0.25, 0.3) is 0 Å².